The Hall–Kier alpha value is -3.65. The molecule has 1 aliphatic heterocycles. The molecule has 0 bridgehead atoms. The van der Waals surface area contributed by atoms with Gasteiger partial charge in [-0.2, -0.15) is 0 Å². The zero-order chi connectivity index (χ0) is 22.9. The van der Waals surface area contributed by atoms with Gasteiger partial charge in [-0.15, -0.1) is 0 Å². The van der Waals surface area contributed by atoms with Crippen molar-refractivity contribution in [2.24, 2.45) is 0 Å². The third-order valence-corrected chi connectivity index (χ3v) is 4.99. The van der Waals surface area contributed by atoms with Crippen LogP contribution in [0.1, 0.15) is 12.0 Å². The van der Waals surface area contributed by atoms with Gasteiger partial charge < -0.3 is 23.8 Å². The summed E-state index contributed by atoms with van der Waals surface area (Å²) in [7, 11) is 0. The summed E-state index contributed by atoms with van der Waals surface area (Å²) in [6.07, 6.45) is 1.78. The van der Waals surface area contributed by atoms with Crippen LogP contribution in [0.15, 0.2) is 66.9 Å². The van der Waals surface area contributed by atoms with Gasteiger partial charge in [-0.1, -0.05) is 24.3 Å². The van der Waals surface area contributed by atoms with E-state index in [1.165, 1.54) is 12.1 Å². The minimum absolute atomic E-state index is 0.115. The lowest BCUT2D eigenvalue weighted by Crippen LogP contribution is -2.34. The molecule has 0 fully saturated rings. The van der Waals surface area contributed by atoms with Crippen LogP contribution in [0.3, 0.4) is 0 Å². The number of fused-ring (bicyclic) bond motifs is 2. The number of amides is 1. The van der Waals surface area contributed by atoms with Gasteiger partial charge in [0.2, 0.25) is 11.8 Å². The molecule has 8 heteroatoms. The molecule has 0 aliphatic carbocycles. The zero-order valence-electron chi connectivity index (χ0n) is 18.1. The molecule has 0 saturated carbocycles. The summed E-state index contributed by atoms with van der Waals surface area (Å²) in [6, 6.07) is 16.9. The fourth-order valence-electron chi connectivity index (χ4n) is 3.35. The van der Waals surface area contributed by atoms with Gasteiger partial charge in [0.05, 0.1) is 32.8 Å². The number of para-hydroxylation sites is 2. The van der Waals surface area contributed by atoms with Gasteiger partial charge in [0.25, 0.3) is 0 Å². The number of rotatable bonds is 4. The van der Waals surface area contributed by atoms with Crippen LogP contribution >= 0.6 is 0 Å². The number of ether oxygens (including phenoxy) is 4. The fraction of sp³-hybridized carbons (Fsp3) is 0.280. The summed E-state index contributed by atoms with van der Waals surface area (Å²) in [5.74, 6) is 1.43. The highest BCUT2D eigenvalue weighted by atomic mass is 19.1. The first-order valence-electron chi connectivity index (χ1n) is 10.8. The number of aromatic nitrogens is 1. The number of carbonyl (C=O) groups excluding carboxylic acids is 1. The number of halogens is 1. The van der Waals surface area contributed by atoms with Crippen LogP contribution in [0.25, 0.3) is 0 Å². The number of benzene rings is 2. The van der Waals surface area contributed by atoms with E-state index in [9.17, 15) is 9.18 Å². The molecule has 0 spiro atoms. The predicted octanol–water partition coefficient (Wildman–Crippen LogP) is 4.22. The standard InChI is InChI=1S/C25H25FN2O5/c26-20-6-3-7-21(17-20)31-13-10-24(29)28-12-14-30-15-16-32-22-8-1-2-9-23(22)33-25-19(18-28)5-4-11-27-25/h1-9,11,17H,10,12-16,18H2. The maximum absolute atomic E-state index is 13.3. The van der Waals surface area contributed by atoms with Crippen molar-refractivity contribution in [3.63, 3.8) is 0 Å². The van der Waals surface area contributed by atoms with Gasteiger partial charge >= 0.3 is 0 Å². The third kappa shape index (κ3) is 6.43. The maximum atomic E-state index is 13.3. The Morgan fingerprint density at radius 2 is 1.91 bits per heavy atom. The van der Waals surface area contributed by atoms with Crippen LogP contribution in [0.2, 0.25) is 0 Å². The van der Waals surface area contributed by atoms with E-state index in [-0.39, 0.29) is 24.8 Å². The normalized spacial score (nSPS) is 14.3. The van der Waals surface area contributed by atoms with Gasteiger partial charge in [0.1, 0.15) is 18.2 Å². The molecule has 0 unspecified atom stereocenters. The fourth-order valence-corrected chi connectivity index (χ4v) is 3.35. The largest absolute Gasteiger partial charge is 0.493 e. The summed E-state index contributed by atoms with van der Waals surface area (Å²) in [4.78, 5) is 19.0. The molecule has 2 heterocycles. The second kappa shape index (κ2) is 11.3. The minimum Gasteiger partial charge on any atom is -0.493 e. The Bertz CT molecular complexity index is 1080. The van der Waals surface area contributed by atoms with Gasteiger partial charge in [-0.05, 0) is 30.3 Å². The lowest BCUT2D eigenvalue weighted by molar-refractivity contribution is -0.133. The summed E-state index contributed by atoms with van der Waals surface area (Å²) in [5.41, 5.74) is 0.756. The van der Waals surface area contributed by atoms with Crippen LogP contribution in [0, 0.1) is 5.82 Å². The van der Waals surface area contributed by atoms with E-state index in [4.69, 9.17) is 18.9 Å². The summed E-state index contributed by atoms with van der Waals surface area (Å²) in [6.45, 7) is 1.92. The van der Waals surface area contributed by atoms with Crippen molar-refractivity contribution in [3.05, 3.63) is 78.2 Å². The van der Waals surface area contributed by atoms with Crippen LogP contribution in [-0.4, -0.2) is 48.8 Å². The second-order valence-corrected chi connectivity index (χ2v) is 7.35. The zero-order valence-corrected chi connectivity index (χ0v) is 18.1. The first-order valence-corrected chi connectivity index (χ1v) is 10.8. The molecule has 1 aliphatic rings. The van der Waals surface area contributed by atoms with Gasteiger partial charge in [0.15, 0.2) is 11.5 Å². The van der Waals surface area contributed by atoms with Gasteiger partial charge in [-0.3, -0.25) is 4.79 Å². The number of carbonyl (C=O) groups is 1. The molecular weight excluding hydrogens is 427 g/mol. The lowest BCUT2D eigenvalue weighted by Gasteiger charge is -2.23. The smallest absolute Gasteiger partial charge is 0.226 e. The average Bonchev–Trinajstić information content (AvgIpc) is 2.83. The Morgan fingerprint density at radius 1 is 1.03 bits per heavy atom. The van der Waals surface area contributed by atoms with Crippen molar-refractivity contribution in [3.8, 4) is 23.1 Å². The van der Waals surface area contributed by atoms with Crippen LogP contribution in [0.4, 0.5) is 4.39 Å². The van der Waals surface area contributed by atoms with E-state index in [2.05, 4.69) is 4.98 Å². The van der Waals surface area contributed by atoms with E-state index in [0.717, 1.165) is 5.56 Å². The number of hydrogen-bond donors (Lipinski definition) is 0. The van der Waals surface area contributed by atoms with Gasteiger partial charge in [0, 0.05) is 24.4 Å². The second-order valence-electron chi connectivity index (χ2n) is 7.35. The maximum Gasteiger partial charge on any atom is 0.226 e. The number of hydrogen-bond acceptors (Lipinski definition) is 6. The molecule has 172 valence electrons. The van der Waals surface area contributed by atoms with E-state index in [0.29, 0.717) is 56.0 Å². The van der Waals surface area contributed by atoms with Crippen LogP contribution in [-0.2, 0) is 16.1 Å². The van der Waals surface area contributed by atoms with Crippen LogP contribution < -0.4 is 14.2 Å². The topological polar surface area (TPSA) is 70.1 Å². The van der Waals surface area contributed by atoms with Crippen molar-refractivity contribution < 1.29 is 28.1 Å². The number of nitrogens with zero attached hydrogens (tertiary/aromatic N) is 2. The van der Waals surface area contributed by atoms with Gasteiger partial charge in [-0.25, -0.2) is 9.37 Å². The van der Waals surface area contributed by atoms with Crippen molar-refractivity contribution >= 4 is 5.91 Å². The van der Waals surface area contributed by atoms with Crippen molar-refractivity contribution in [2.45, 2.75) is 13.0 Å². The summed E-state index contributed by atoms with van der Waals surface area (Å²) >= 11 is 0. The molecule has 0 saturated heterocycles. The molecule has 7 nitrogen and oxygen atoms in total. The highest BCUT2D eigenvalue weighted by molar-refractivity contribution is 5.76. The minimum atomic E-state index is -0.385. The summed E-state index contributed by atoms with van der Waals surface area (Å²) in [5, 5.41) is 0. The van der Waals surface area contributed by atoms with E-state index < -0.39 is 0 Å². The Balaban J connectivity index is 1.48. The van der Waals surface area contributed by atoms with Crippen molar-refractivity contribution in [1.82, 2.24) is 9.88 Å². The number of pyridine rings is 1. The molecule has 1 amide bonds. The summed E-state index contributed by atoms with van der Waals surface area (Å²) < 4.78 is 36.4. The molecule has 3 aromatic rings. The van der Waals surface area contributed by atoms with Crippen molar-refractivity contribution in [2.75, 3.05) is 33.0 Å². The first-order chi connectivity index (χ1) is 16.2. The molecular formula is C25H25FN2O5. The molecule has 2 aromatic carbocycles. The van der Waals surface area contributed by atoms with E-state index in [1.807, 2.05) is 24.3 Å². The molecule has 0 N–H and O–H groups in total. The van der Waals surface area contributed by atoms with E-state index in [1.54, 1.807) is 35.4 Å². The first kappa shape index (κ1) is 22.5. The quantitative estimate of drug-likeness (QED) is 0.590. The third-order valence-electron chi connectivity index (χ3n) is 4.99. The van der Waals surface area contributed by atoms with E-state index >= 15 is 0 Å². The molecule has 1 aromatic heterocycles. The lowest BCUT2D eigenvalue weighted by atomic mass is 10.2. The monoisotopic (exact) mass is 452 g/mol. The molecule has 0 atom stereocenters. The molecule has 4 rings (SSSR count). The Labute approximate surface area is 191 Å². The average molecular weight is 452 g/mol. The Kier molecular flexibility index (Phi) is 7.71. The predicted molar refractivity (Wildman–Crippen MR) is 119 cm³/mol. The highest BCUT2D eigenvalue weighted by Gasteiger charge is 2.19. The van der Waals surface area contributed by atoms with Crippen LogP contribution in [0.5, 0.6) is 23.1 Å². The Morgan fingerprint density at radius 3 is 2.79 bits per heavy atom. The van der Waals surface area contributed by atoms with Crippen molar-refractivity contribution in [1.29, 1.82) is 0 Å². The highest BCUT2D eigenvalue weighted by Crippen LogP contribution is 2.32. The SMILES string of the molecule is O=C(CCOc1cccc(F)c1)N1CCOCCOc2ccccc2Oc2ncccc2C1. The molecule has 0 radical (unpaired) electrons. The molecule has 33 heavy (non-hydrogen) atoms.